The van der Waals surface area contributed by atoms with Gasteiger partial charge < -0.3 is 4.74 Å². The first kappa shape index (κ1) is 24.9. The van der Waals surface area contributed by atoms with Crippen LogP contribution in [0.5, 0.6) is 5.75 Å². The summed E-state index contributed by atoms with van der Waals surface area (Å²) in [5.74, 6) is 0.382. The maximum absolute atomic E-state index is 13.2. The molecule has 0 aliphatic heterocycles. The number of thiazole rings is 1. The molecule has 35 heavy (non-hydrogen) atoms. The Morgan fingerprint density at radius 3 is 2.46 bits per heavy atom. The van der Waals surface area contributed by atoms with Crippen molar-refractivity contribution in [3.8, 4) is 15.6 Å². The smallest absolute Gasteiger partial charge is 0.357 e. The van der Waals surface area contributed by atoms with Crippen LogP contribution in [0, 0.1) is 0 Å². The van der Waals surface area contributed by atoms with E-state index < -0.39 is 15.8 Å². The molecule has 0 spiro atoms. The molecule has 2 aromatic carbocycles. The number of rotatable bonds is 8. The molecule has 1 atom stereocenters. The summed E-state index contributed by atoms with van der Waals surface area (Å²) in [5.41, 5.74) is 1.09. The van der Waals surface area contributed by atoms with E-state index in [1.54, 1.807) is 47.6 Å². The minimum absolute atomic E-state index is 0.187. The number of methoxy groups -OCH3 is 1. The van der Waals surface area contributed by atoms with Crippen molar-refractivity contribution in [2.75, 3.05) is 16.7 Å². The Kier molecular flexibility index (Phi) is 6.95. The summed E-state index contributed by atoms with van der Waals surface area (Å²) in [6.45, 7) is 3.38. The van der Waals surface area contributed by atoms with Gasteiger partial charge in [-0.25, -0.2) is 4.98 Å². The van der Waals surface area contributed by atoms with Crippen LogP contribution in [0.25, 0.3) is 9.88 Å². The maximum Gasteiger partial charge on any atom is 0.357 e. The second-order valence-electron chi connectivity index (χ2n) is 7.80. The van der Waals surface area contributed by atoms with Crippen molar-refractivity contribution in [3.63, 3.8) is 0 Å². The molecule has 11 heteroatoms. The van der Waals surface area contributed by atoms with Crippen LogP contribution < -0.4 is 14.4 Å². The van der Waals surface area contributed by atoms with Gasteiger partial charge in [0.1, 0.15) is 16.3 Å². The highest BCUT2D eigenvalue weighted by molar-refractivity contribution is 7.87. The zero-order chi connectivity index (χ0) is 25.2. The van der Waals surface area contributed by atoms with Gasteiger partial charge in [-0.3, -0.25) is 19.0 Å². The van der Waals surface area contributed by atoms with E-state index in [1.165, 1.54) is 30.4 Å². The number of thiophene rings is 1. The molecule has 0 aliphatic rings. The molecule has 0 bridgehead atoms. The number of carbonyl (C=O) groups is 1. The van der Waals surface area contributed by atoms with Gasteiger partial charge in [-0.2, -0.15) is 8.42 Å². The Morgan fingerprint density at radius 1 is 1.11 bits per heavy atom. The van der Waals surface area contributed by atoms with Gasteiger partial charge in [0.15, 0.2) is 0 Å². The molecule has 2 heterocycles. The lowest BCUT2D eigenvalue weighted by Gasteiger charge is -2.40. The summed E-state index contributed by atoms with van der Waals surface area (Å²) in [6.07, 6.45) is 0. The maximum atomic E-state index is 13.2. The van der Waals surface area contributed by atoms with Gasteiger partial charge >= 0.3 is 10.3 Å². The van der Waals surface area contributed by atoms with Crippen LogP contribution >= 0.6 is 22.7 Å². The third-order valence-corrected chi connectivity index (χ3v) is 7.88. The molecule has 0 fully saturated rings. The van der Waals surface area contributed by atoms with E-state index in [-0.39, 0.29) is 11.6 Å². The summed E-state index contributed by atoms with van der Waals surface area (Å²) in [5, 5.41) is 4.74. The number of aromatic nitrogens is 1. The van der Waals surface area contributed by atoms with Crippen LogP contribution in [-0.2, 0) is 20.6 Å². The standard InChI is InChI=1S/C24H23N3O5S3/c1-16(28)27(19-6-4-7-20(14-19)32-3)24(2,17-9-11-18(12-10-17)26-35(29,30)31)22-15-34-23(25-22)21-8-5-13-33-21/h4-15,26H,1-3H3,(H,29,30,31)/t24-/m0/s1. The van der Waals surface area contributed by atoms with E-state index in [4.69, 9.17) is 14.3 Å². The monoisotopic (exact) mass is 529 g/mol. The van der Waals surface area contributed by atoms with E-state index in [2.05, 4.69) is 0 Å². The molecule has 2 N–H and O–H groups in total. The fourth-order valence-electron chi connectivity index (χ4n) is 3.92. The van der Waals surface area contributed by atoms with Gasteiger partial charge in [-0.15, -0.1) is 22.7 Å². The van der Waals surface area contributed by atoms with Crippen LogP contribution in [-0.4, -0.2) is 31.0 Å². The minimum atomic E-state index is -4.42. The third kappa shape index (κ3) is 5.22. The topological polar surface area (TPSA) is 109 Å². The predicted octanol–water partition coefficient (Wildman–Crippen LogP) is 5.41. The third-order valence-electron chi connectivity index (χ3n) is 5.50. The molecular formula is C24H23N3O5S3. The SMILES string of the molecule is COc1cccc(N(C(C)=O)[C@@](C)(c2ccc(NS(=O)(=O)O)cc2)c2csc(-c3cccs3)n2)c1. The van der Waals surface area contributed by atoms with Crippen LogP contribution in [0.4, 0.5) is 11.4 Å². The van der Waals surface area contributed by atoms with Gasteiger partial charge in [-0.05, 0) is 48.2 Å². The molecule has 0 radical (unpaired) electrons. The van der Waals surface area contributed by atoms with Crippen molar-refractivity contribution in [3.05, 3.63) is 82.7 Å². The molecule has 8 nitrogen and oxygen atoms in total. The highest BCUT2D eigenvalue weighted by Crippen LogP contribution is 2.42. The number of ether oxygens (including phenoxy) is 1. The molecule has 0 saturated carbocycles. The molecule has 1 amide bonds. The zero-order valence-corrected chi connectivity index (χ0v) is 21.6. The van der Waals surface area contributed by atoms with Crippen molar-refractivity contribution >= 4 is 50.3 Å². The van der Waals surface area contributed by atoms with E-state index >= 15 is 0 Å². The van der Waals surface area contributed by atoms with Gasteiger partial charge in [0.05, 0.1) is 23.4 Å². The second kappa shape index (κ2) is 9.78. The normalized spacial score (nSPS) is 13.1. The largest absolute Gasteiger partial charge is 0.497 e. The first-order valence-electron chi connectivity index (χ1n) is 10.4. The van der Waals surface area contributed by atoms with Crippen molar-refractivity contribution in [1.29, 1.82) is 0 Å². The van der Waals surface area contributed by atoms with Crippen molar-refractivity contribution in [2.45, 2.75) is 19.4 Å². The molecule has 4 rings (SSSR count). The molecule has 0 unspecified atom stereocenters. The summed E-state index contributed by atoms with van der Waals surface area (Å²) in [6, 6.07) is 17.6. The van der Waals surface area contributed by atoms with E-state index in [1.807, 2.05) is 46.7 Å². The first-order valence-corrected chi connectivity index (χ1v) is 13.6. The number of hydrogen-bond donors (Lipinski definition) is 2. The van der Waals surface area contributed by atoms with Gasteiger partial charge in [0, 0.05) is 24.1 Å². The average molecular weight is 530 g/mol. The molecule has 182 valence electrons. The number of anilines is 2. The molecule has 0 saturated heterocycles. The van der Waals surface area contributed by atoms with Gasteiger partial charge in [0.25, 0.3) is 0 Å². The summed E-state index contributed by atoms with van der Waals surface area (Å²) >= 11 is 3.06. The number of hydrogen-bond acceptors (Lipinski definition) is 7. The number of nitrogens with zero attached hydrogens (tertiary/aromatic N) is 2. The Balaban J connectivity index is 1.89. The zero-order valence-electron chi connectivity index (χ0n) is 19.1. The molecule has 0 aliphatic carbocycles. The van der Waals surface area contributed by atoms with E-state index in [0.717, 1.165) is 9.88 Å². The first-order chi connectivity index (χ1) is 16.6. The highest BCUT2D eigenvalue weighted by atomic mass is 32.2. The number of benzene rings is 2. The number of carbonyl (C=O) groups excluding carboxylic acids is 1. The molecule has 4 aromatic rings. The van der Waals surface area contributed by atoms with E-state index in [0.29, 0.717) is 22.7 Å². The highest BCUT2D eigenvalue weighted by Gasteiger charge is 2.41. The number of amides is 1. The number of nitrogens with one attached hydrogen (secondary N) is 1. The van der Waals surface area contributed by atoms with Crippen molar-refractivity contribution in [2.24, 2.45) is 0 Å². The summed E-state index contributed by atoms with van der Waals surface area (Å²) in [7, 11) is -2.86. The fraction of sp³-hybridized carbons (Fsp3) is 0.167. The van der Waals surface area contributed by atoms with Crippen LogP contribution in [0.3, 0.4) is 0 Å². The van der Waals surface area contributed by atoms with E-state index in [9.17, 15) is 13.2 Å². The van der Waals surface area contributed by atoms with Crippen LogP contribution in [0.1, 0.15) is 25.1 Å². The fourth-order valence-corrected chi connectivity index (χ4v) is 6.09. The quantitative estimate of drug-likeness (QED) is 0.295. The van der Waals surface area contributed by atoms with Crippen molar-refractivity contribution in [1.82, 2.24) is 4.98 Å². The van der Waals surface area contributed by atoms with Gasteiger partial charge in [-0.1, -0.05) is 24.3 Å². The predicted molar refractivity (Wildman–Crippen MR) is 140 cm³/mol. The Morgan fingerprint density at radius 2 is 1.86 bits per heavy atom. The lowest BCUT2D eigenvalue weighted by atomic mass is 9.86. The Labute approximate surface area is 211 Å². The minimum Gasteiger partial charge on any atom is -0.497 e. The van der Waals surface area contributed by atoms with Crippen LogP contribution in [0.2, 0.25) is 0 Å². The average Bonchev–Trinajstić information content (AvgIpc) is 3.51. The van der Waals surface area contributed by atoms with Crippen molar-refractivity contribution < 1.29 is 22.5 Å². The summed E-state index contributed by atoms with van der Waals surface area (Å²) in [4.78, 5) is 20.7. The Hall–Kier alpha value is -3.25. The van der Waals surface area contributed by atoms with Crippen LogP contribution in [0.15, 0.2) is 71.4 Å². The van der Waals surface area contributed by atoms with Gasteiger partial charge in [0.2, 0.25) is 5.91 Å². The Bertz CT molecular complexity index is 1430. The summed E-state index contributed by atoms with van der Waals surface area (Å²) < 4.78 is 39.0. The molecular weight excluding hydrogens is 506 g/mol. The second-order valence-corrected chi connectivity index (χ2v) is 10.8. The lowest BCUT2D eigenvalue weighted by molar-refractivity contribution is -0.117. The lowest BCUT2D eigenvalue weighted by Crippen LogP contribution is -2.48. The molecule has 2 aromatic heterocycles.